The second kappa shape index (κ2) is 10.2. The average molecular weight is 453 g/mol. The van der Waals surface area contributed by atoms with Crippen molar-refractivity contribution in [3.8, 4) is 17.2 Å². The number of rotatable bonds is 7. The molecule has 2 aromatic rings. The van der Waals surface area contributed by atoms with Crippen molar-refractivity contribution in [1.82, 2.24) is 10.2 Å². The molecule has 2 aromatic carbocycles. The van der Waals surface area contributed by atoms with Crippen molar-refractivity contribution in [2.45, 2.75) is 19.3 Å². The molecule has 4 rings (SSSR count). The Balaban J connectivity index is 1.19. The number of para-hydroxylation sites is 1. The molecule has 0 atom stereocenters. The molecule has 2 aliphatic heterocycles. The Morgan fingerprint density at radius 2 is 1.82 bits per heavy atom. The molecule has 9 nitrogen and oxygen atoms in total. The van der Waals surface area contributed by atoms with Gasteiger partial charge in [-0.25, -0.2) is 0 Å². The minimum absolute atomic E-state index is 0.0371. The zero-order chi connectivity index (χ0) is 23.2. The molecule has 0 radical (unpaired) electrons. The van der Waals surface area contributed by atoms with Gasteiger partial charge in [0.05, 0.1) is 12.7 Å². The monoisotopic (exact) mass is 453 g/mol. The number of hydrogen-bond acceptors (Lipinski definition) is 6. The van der Waals surface area contributed by atoms with Crippen LogP contribution in [0.3, 0.4) is 0 Å². The van der Waals surface area contributed by atoms with Crippen LogP contribution in [0.4, 0.5) is 5.69 Å². The molecule has 0 aliphatic carbocycles. The van der Waals surface area contributed by atoms with Crippen LogP contribution in [0.15, 0.2) is 42.5 Å². The number of hydrogen-bond donors (Lipinski definition) is 2. The molecule has 0 bridgehead atoms. The van der Waals surface area contributed by atoms with Crippen LogP contribution in [0.1, 0.15) is 29.6 Å². The summed E-state index contributed by atoms with van der Waals surface area (Å²) in [6.45, 7) is 1.45. The Kier molecular flexibility index (Phi) is 6.97. The van der Waals surface area contributed by atoms with Gasteiger partial charge < -0.3 is 29.7 Å². The number of anilines is 1. The van der Waals surface area contributed by atoms with Gasteiger partial charge in [0, 0.05) is 43.7 Å². The van der Waals surface area contributed by atoms with Gasteiger partial charge in [0.25, 0.3) is 5.91 Å². The van der Waals surface area contributed by atoms with Gasteiger partial charge in [-0.2, -0.15) is 0 Å². The maximum atomic E-state index is 12.6. The highest BCUT2D eigenvalue weighted by Crippen LogP contribution is 2.34. The fourth-order valence-corrected chi connectivity index (χ4v) is 3.98. The van der Waals surface area contributed by atoms with Crippen molar-refractivity contribution in [2.75, 3.05) is 38.9 Å². The van der Waals surface area contributed by atoms with E-state index in [2.05, 4.69) is 10.6 Å². The summed E-state index contributed by atoms with van der Waals surface area (Å²) in [7, 11) is 1.51. The van der Waals surface area contributed by atoms with E-state index in [9.17, 15) is 14.4 Å². The van der Waals surface area contributed by atoms with E-state index >= 15 is 0 Å². The standard InChI is InChI=1S/C24H27N3O6/c1-31-19-5-3-2-4-18(19)24(30)25-11-8-22(28)27-12-9-16(10-13-27)23(29)26-17-6-7-20-21(14-17)33-15-32-20/h2-7,14,16H,8-13,15H2,1H3,(H,25,30)(H,26,29). The van der Waals surface area contributed by atoms with Crippen LogP contribution in [-0.2, 0) is 9.59 Å². The summed E-state index contributed by atoms with van der Waals surface area (Å²) in [6.07, 6.45) is 1.39. The molecule has 0 saturated carbocycles. The summed E-state index contributed by atoms with van der Waals surface area (Å²) in [5.74, 6) is 1.23. The smallest absolute Gasteiger partial charge is 0.255 e. The van der Waals surface area contributed by atoms with Crippen molar-refractivity contribution >= 4 is 23.4 Å². The molecule has 2 N–H and O–H groups in total. The molecular weight excluding hydrogens is 426 g/mol. The Morgan fingerprint density at radius 1 is 1.06 bits per heavy atom. The number of fused-ring (bicyclic) bond motifs is 1. The topological polar surface area (TPSA) is 106 Å². The van der Waals surface area contributed by atoms with Gasteiger partial charge in [0.1, 0.15) is 5.75 Å². The lowest BCUT2D eigenvalue weighted by Gasteiger charge is -2.31. The van der Waals surface area contributed by atoms with Gasteiger partial charge in [-0.15, -0.1) is 0 Å². The minimum atomic E-state index is -0.279. The first kappa shape index (κ1) is 22.4. The van der Waals surface area contributed by atoms with Crippen molar-refractivity contribution in [2.24, 2.45) is 5.92 Å². The van der Waals surface area contributed by atoms with E-state index in [-0.39, 0.29) is 43.4 Å². The molecule has 174 valence electrons. The highest BCUT2D eigenvalue weighted by Gasteiger charge is 2.27. The van der Waals surface area contributed by atoms with Crippen molar-refractivity contribution < 1.29 is 28.6 Å². The van der Waals surface area contributed by atoms with Crippen molar-refractivity contribution in [1.29, 1.82) is 0 Å². The predicted molar refractivity (Wildman–Crippen MR) is 120 cm³/mol. The Hall–Kier alpha value is -3.75. The van der Waals surface area contributed by atoms with Crippen LogP contribution < -0.4 is 24.8 Å². The maximum Gasteiger partial charge on any atom is 0.255 e. The number of methoxy groups -OCH3 is 1. The maximum absolute atomic E-state index is 12.6. The van der Waals surface area contributed by atoms with Crippen LogP contribution in [0, 0.1) is 5.92 Å². The second-order valence-corrected chi connectivity index (χ2v) is 7.92. The van der Waals surface area contributed by atoms with Gasteiger partial charge in [0.2, 0.25) is 18.6 Å². The molecule has 0 spiro atoms. The van der Waals surface area contributed by atoms with Gasteiger partial charge in [-0.3, -0.25) is 14.4 Å². The molecule has 2 aliphatic rings. The third kappa shape index (κ3) is 5.36. The minimum Gasteiger partial charge on any atom is -0.496 e. The van der Waals surface area contributed by atoms with E-state index in [1.165, 1.54) is 7.11 Å². The lowest BCUT2D eigenvalue weighted by atomic mass is 9.95. The van der Waals surface area contributed by atoms with E-state index in [1.54, 1.807) is 47.4 Å². The van der Waals surface area contributed by atoms with Crippen LogP contribution in [0.2, 0.25) is 0 Å². The molecule has 9 heteroatoms. The third-order valence-electron chi connectivity index (χ3n) is 5.83. The molecule has 1 fully saturated rings. The molecule has 33 heavy (non-hydrogen) atoms. The Labute approximate surface area is 192 Å². The van der Waals surface area contributed by atoms with E-state index < -0.39 is 0 Å². The molecule has 1 saturated heterocycles. The van der Waals surface area contributed by atoms with E-state index in [1.807, 2.05) is 0 Å². The Bertz CT molecular complexity index is 1030. The molecule has 0 aromatic heterocycles. The lowest BCUT2D eigenvalue weighted by Crippen LogP contribution is -2.42. The highest BCUT2D eigenvalue weighted by molar-refractivity contribution is 5.97. The van der Waals surface area contributed by atoms with Crippen LogP contribution in [0.25, 0.3) is 0 Å². The number of likely N-dealkylation sites (tertiary alicyclic amines) is 1. The van der Waals surface area contributed by atoms with Gasteiger partial charge >= 0.3 is 0 Å². The van der Waals surface area contributed by atoms with E-state index in [0.29, 0.717) is 54.4 Å². The first-order valence-electron chi connectivity index (χ1n) is 10.9. The fraction of sp³-hybridized carbons (Fsp3) is 0.375. The molecule has 0 unspecified atom stereocenters. The van der Waals surface area contributed by atoms with Crippen LogP contribution in [-0.4, -0.2) is 56.2 Å². The zero-order valence-corrected chi connectivity index (χ0v) is 18.5. The first-order valence-corrected chi connectivity index (χ1v) is 10.9. The Morgan fingerprint density at radius 3 is 2.61 bits per heavy atom. The summed E-state index contributed by atoms with van der Waals surface area (Å²) in [4.78, 5) is 39.3. The normalized spacial score (nSPS) is 15.1. The first-order chi connectivity index (χ1) is 16.0. The second-order valence-electron chi connectivity index (χ2n) is 7.92. The van der Waals surface area contributed by atoms with Gasteiger partial charge in [-0.1, -0.05) is 12.1 Å². The summed E-state index contributed by atoms with van der Waals surface area (Å²) in [5.41, 5.74) is 1.09. The SMILES string of the molecule is COc1ccccc1C(=O)NCCC(=O)N1CCC(C(=O)Nc2ccc3c(c2)OCO3)CC1. The summed E-state index contributed by atoms with van der Waals surface area (Å²) < 4.78 is 15.8. The van der Waals surface area contributed by atoms with Crippen molar-refractivity contribution in [3.63, 3.8) is 0 Å². The number of piperidine rings is 1. The van der Waals surface area contributed by atoms with Crippen LogP contribution in [0.5, 0.6) is 17.2 Å². The van der Waals surface area contributed by atoms with Gasteiger partial charge in [0.15, 0.2) is 11.5 Å². The number of carbonyl (C=O) groups is 3. The van der Waals surface area contributed by atoms with Crippen molar-refractivity contribution in [3.05, 3.63) is 48.0 Å². The van der Waals surface area contributed by atoms with E-state index in [4.69, 9.17) is 14.2 Å². The quantitative estimate of drug-likeness (QED) is 0.667. The lowest BCUT2D eigenvalue weighted by molar-refractivity contribution is -0.134. The number of amides is 3. The third-order valence-corrected chi connectivity index (χ3v) is 5.83. The number of benzene rings is 2. The highest BCUT2D eigenvalue weighted by atomic mass is 16.7. The predicted octanol–water partition coefficient (Wildman–Crippen LogP) is 2.42. The fourth-order valence-electron chi connectivity index (χ4n) is 3.98. The summed E-state index contributed by atoms with van der Waals surface area (Å²) in [5, 5.41) is 5.69. The molecule has 2 heterocycles. The molecule has 3 amide bonds. The molecular formula is C24H27N3O6. The van der Waals surface area contributed by atoms with E-state index in [0.717, 1.165) is 0 Å². The number of nitrogens with zero attached hydrogens (tertiary/aromatic N) is 1. The summed E-state index contributed by atoms with van der Waals surface area (Å²) in [6, 6.07) is 12.2. The van der Waals surface area contributed by atoms with Crippen LogP contribution >= 0.6 is 0 Å². The number of nitrogens with one attached hydrogen (secondary N) is 2. The largest absolute Gasteiger partial charge is 0.496 e. The zero-order valence-electron chi connectivity index (χ0n) is 18.5. The van der Waals surface area contributed by atoms with Gasteiger partial charge in [-0.05, 0) is 37.1 Å². The summed E-state index contributed by atoms with van der Waals surface area (Å²) >= 11 is 0. The average Bonchev–Trinajstić information content (AvgIpc) is 3.32. The number of ether oxygens (including phenoxy) is 3. The number of carbonyl (C=O) groups excluding carboxylic acids is 3.